The van der Waals surface area contributed by atoms with Crippen LogP contribution in [0.2, 0.25) is 0 Å². The number of hydrogen-bond acceptors (Lipinski definition) is 2. The van der Waals surface area contributed by atoms with E-state index in [0.717, 1.165) is 18.2 Å². The van der Waals surface area contributed by atoms with Gasteiger partial charge in [-0.05, 0) is 11.6 Å². The van der Waals surface area contributed by atoms with Gasteiger partial charge < -0.3 is 10.8 Å². The highest BCUT2D eigenvalue weighted by molar-refractivity contribution is 5.28. The average Bonchev–Trinajstić information content (AvgIpc) is 2.10. The normalized spacial score (nSPS) is 11.7. The predicted octanol–water partition coefficient (Wildman–Crippen LogP) is 1.67. The minimum absolute atomic E-state index is 0.154. The van der Waals surface area contributed by atoms with Crippen LogP contribution in [-0.2, 0) is 6.42 Å². The van der Waals surface area contributed by atoms with Crippen LogP contribution in [0.1, 0.15) is 5.56 Å². The summed E-state index contributed by atoms with van der Waals surface area (Å²) in [6, 6.07) is 3.07. The smallest absolute Gasteiger partial charge is 0.264 e. The van der Waals surface area contributed by atoms with Gasteiger partial charge in [0, 0.05) is 12.5 Å². The van der Waals surface area contributed by atoms with Gasteiger partial charge in [0.05, 0.1) is 6.54 Å². The fourth-order valence-corrected chi connectivity index (χ4v) is 1.03. The molecule has 5 heteroatoms. The quantitative estimate of drug-likeness (QED) is 0.788. The van der Waals surface area contributed by atoms with Gasteiger partial charge in [0.25, 0.3) is 5.92 Å². The summed E-state index contributed by atoms with van der Waals surface area (Å²) in [5.74, 6) is -4.25. The lowest BCUT2D eigenvalue weighted by Gasteiger charge is -2.13. The topological polar surface area (TPSA) is 46.2 Å². The molecule has 3 N–H and O–H groups in total. The lowest BCUT2D eigenvalue weighted by molar-refractivity contribution is 0.0106. The van der Waals surface area contributed by atoms with Crippen LogP contribution < -0.4 is 5.73 Å². The Labute approximate surface area is 79.2 Å². The van der Waals surface area contributed by atoms with Crippen LogP contribution in [-0.4, -0.2) is 17.6 Å². The van der Waals surface area contributed by atoms with Crippen LogP contribution in [0.15, 0.2) is 18.2 Å². The molecule has 2 nitrogen and oxygen atoms in total. The van der Waals surface area contributed by atoms with Crippen LogP contribution in [0.4, 0.5) is 13.2 Å². The zero-order chi connectivity index (χ0) is 10.8. The molecule has 0 saturated heterocycles. The second kappa shape index (κ2) is 3.88. The molecule has 1 aromatic carbocycles. The second-order valence-electron chi connectivity index (χ2n) is 3.01. The van der Waals surface area contributed by atoms with E-state index in [1.54, 1.807) is 0 Å². The molecule has 0 heterocycles. The van der Waals surface area contributed by atoms with E-state index in [9.17, 15) is 13.2 Å². The summed E-state index contributed by atoms with van der Waals surface area (Å²) < 4.78 is 38.5. The summed E-state index contributed by atoms with van der Waals surface area (Å²) in [6.45, 7) is -0.826. The zero-order valence-corrected chi connectivity index (χ0v) is 7.30. The average molecular weight is 205 g/mol. The monoisotopic (exact) mass is 205 g/mol. The van der Waals surface area contributed by atoms with E-state index >= 15 is 0 Å². The Balaban J connectivity index is 2.87. The molecule has 0 radical (unpaired) electrons. The Hall–Kier alpha value is -1.23. The van der Waals surface area contributed by atoms with Crippen LogP contribution >= 0.6 is 0 Å². The molecule has 78 valence electrons. The lowest BCUT2D eigenvalue weighted by Crippen LogP contribution is -2.30. The van der Waals surface area contributed by atoms with Gasteiger partial charge in [-0.1, -0.05) is 6.07 Å². The van der Waals surface area contributed by atoms with Crippen molar-refractivity contribution >= 4 is 0 Å². The first-order chi connectivity index (χ1) is 6.44. The highest BCUT2D eigenvalue weighted by Crippen LogP contribution is 2.22. The third kappa shape index (κ3) is 2.63. The van der Waals surface area contributed by atoms with E-state index in [1.165, 1.54) is 0 Å². The Morgan fingerprint density at radius 1 is 1.36 bits per heavy atom. The lowest BCUT2D eigenvalue weighted by atomic mass is 10.1. The molecule has 0 amide bonds. The first-order valence-corrected chi connectivity index (χ1v) is 4.00. The SMILES string of the molecule is NCC(F)(F)Cc1ccc(O)cc1F. The summed E-state index contributed by atoms with van der Waals surface area (Å²) in [7, 11) is 0. The van der Waals surface area contributed by atoms with Gasteiger partial charge in [0.15, 0.2) is 0 Å². The summed E-state index contributed by atoms with van der Waals surface area (Å²) in [5, 5.41) is 8.84. The van der Waals surface area contributed by atoms with Gasteiger partial charge in [0.2, 0.25) is 0 Å². The van der Waals surface area contributed by atoms with Gasteiger partial charge in [-0.15, -0.1) is 0 Å². The van der Waals surface area contributed by atoms with Crippen molar-refractivity contribution < 1.29 is 18.3 Å². The summed E-state index contributed by atoms with van der Waals surface area (Å²) in [4.78, 5) is 0. The third-order valence-corrected chi connectivity index (χ3v) is 1.78. The molecule has 0 unspecified atom stereocenters. The number of halogens is 3. The van der Waals surface area contributed by atoms with Gasteiger partial charge in [-0.25, -0.2) is 13.2 Å². The van der Waals surface area contributed by atoms with Gasteiger partial charge in [-0.2, -0.15) is 0 Å². The van der Waals surface area contributed by atoms with Crippen LogP contribution in [0.25, 0.3) is 0 Å². The maximum absolute atomic E-state index is 13.0. The number of phenols is 1. The maximum atomic E-state index is 13.0. The van der Waals surface area contributed by atoms with E-state index in [-0.39, 0.29) is 11.3 Å². The van der Waals surface area contributed by atoms with Gasteiger partial charge in [0.1, 0.15) is 11.6 Å². The minimum atomic E-state index is -3.11. The maximum Gasteiger partial charge on any atom is 0.264 e. The molecule has 1 aromatic rings. The zero-order valence-electron chi connectivity index (χ0n) is 7.30. The van der Waals surface area contributed by atoms with E-state index in [1.807, 2.05) is 0 Å². The highest BCUT2D eigenvalue weighted by Gasteiger charge is 2.28. The van der Waals surface area contributed by atoms with Crippen molar-refractivity contribution in [3.8, 4) is 5.75 Å². The Morgan fingerprint density at radius 2 is 2.00 bits per heavy atom. The van der Waals surface area contributed by atoms with Gasteiger partial charge in [-0.3, -0.25) is 0 Å². The van der Waals surface area contributed by atoms with Crippen LogP contribution in [0, 0.1) is 5.82 Å². The van der Waals surface area contributed by atoms with E-state index in [4.69, 9.17) is 10.8 Å². The third-order valence-electron chi connectivity index (χ3n) is 1.78. The molecule has 0 aliphatic rings. The molecular weight excluding hydrogens is 195 g/mol. The van der Waals surface area contributed by atoms with E-state index in [2.05, 4.69) is 0 Å². The number of rotatable bonds is 3. The molecule has 0 aromatic heterocycles. The van der Waals surface area contributed by atoms with Crippen molar-refractivity contribution in [3.05, 3.63) is 29.6 Å². The molecule has 0 bridgehead atoms. The molecular formula is C9H10F3NO. The standard InChI is InChI=1S/C9H10F3NO/c10-8-3-7(14)2-1-6(8)4-9(11,12)5-13/h1-3,14H,4-5,13H2. The molecule has 0 saturated carbocycles. The molecule has 0 fully saturated rings. The number of hydrogen-bond donors (Lipinski definition) is 2. The Kier molecular flexibility index (Phi) is 3.00. The number of alkyl halides is 2. The van der Waals surface area contributed by atoms with Gasteiger partial charge >= 0.3 is 0 Å². The van der Waals surface area contributed by atoms with Crippen molar-refractivity contribution in [1.82, 2.24) is 0 Å². The first-order valence-electron chi connectivity index (χ1n) is 4.00. The first kappa shape index (κ1) is 10.8. The van der Waals surface area contributed by atoms with Crippen molar-refractivity contribution in [2.45, 2.75) is 12.3 Å². The van der Waals surface area contributed by atoms with E-state index < -0.39 is 24.7 Å². The van der Waals surface area contributed by atoms with Crippen LogP contribution in [0.3, 0.4) is 0 Å². The predicted molar refractivity (Wildman–Crippen MR) is 45.8 cm³/mol. The molecule has 0 aliphatic carbocycles. The molecule has 0 atom stereocenters. The molecule has 14 heavy (non-hydrogen) atoms. The molecule has 0 aliphatic heterocycles. The minimum Gasteiger partial charge on any atom is -0.508 e. The fourth-order valence-electron chi connectivity index (χ4n) is 1.03. The fraction of sp³-hybridized carbons (Fsp3) is 0.333. The number of benzene rings is 1. The number of aromatic hydroxyl groups is 1. The van der Waals surface area contributed by atoms with Crippen molar-refractivity contribution in [1.29, 1.82) is 0 Å². The number of phenolic OH excluding ortho intramolecular Hbond substituents is 1. The molecule has 0 spiro atoms. The molecule has 1 rings (SSSR count). The highest BCUT2D eigenvalue weighted by atomic mass is 19.3. The second-order valence-corrected chi connectivity index (χ2v) is 3.01. The summed E-state index contributed by atoms with van der Waals surface area (Å²) in [5.41, 5.74) is 4.66. The van der Waals surface area contributed by atoms with Crippen molar-refractivity contribution in [2.75, 3.05) is 6.54 Å². The number of nitrogens with two attached hydrogens (primary N) is 1. The van der Waals surface area contributed by atoms with Crippen molar-refractivity contribution in [2.24, 2.45) is 5.73 Å². The largest absolute Gasteiger partial charge is 0.508 e. The van der Waals surface area contributed by atoms with E-state index in [0.29, 0.717) is 0 Å². The van der Waals surface area contributed by atoms with Crippen molar-refractivity contribution in [3.63, 3.8) is 0 Å². The van der Waals surface area contributed by atoms with Crippen LogP contribution in [0.5, 0.6) is 5.75 Å². The Morgan fingerprint density at radius 3 is 2.50 bits per heavy atom. The summed E-state index contributed by atoms with van der Waals surface area (Å²) in [6.07, 6.45) is -0.754. The Bertz CT molecular complexity index is 328. The summed E-state index contributed by atoms with van der Waals surface area (Å²) >= 11 is 0.